The molecule has 0 aliphatic rings. The molecule has 0 saturated carbocycles. The first-order chi connectivity index (χ1) is 23.7. The maximum Gasteiger partial charge on any atom is 0.227 e. The third kappa shape index (κ3) is 4.56. The summed E-state index contributed by atoms with van der Waals surface area (Å²) in [4.78, 5) is 4.89. The Balaban J connectivity index is 1.14. The summed E-state index contributed by atoms with van der Waals surface area (Å²) in [5.74, 6) is 0.730. The van der Waals surface area contributed by atoms with E-state index in [1.165, 1.54) is 68.2 Å². The minimum absolute atomic E-state index is 0.0734. The first-order valence-electron chi connectivity index (χ1n) is 16.1. The minimum atomic E-state index is 0.0734. The maximum atomic E-state index is 6.23. The molecular formula is C44H27NOS2. The van der Waals surface area contributed by atoms with Crippen molar-refractivity contribution in [3.63, 3.8) is 0 Å². The van der Waals surface area contributed by atoms with Crippen molar-refractivity contribution < 1.29 is 4.42 Å². The SMILES string of the molecule is c1ccc(-c2ccc(C(c3ccc4c(c3)sc3ccccc34)c3ccc4sc5cc6oc(-c7ccccc7)nc6cc5c4c3)cc2)cc1. The van der Waals surface area contributed by atoms with Gasteiger partial charge in [-0.15, -0.1) is 22.7 Å². The molecule has 4 heteroatoms. The highest BCUT2D eigenvalue weighted by Gasteiger charge is 2.21. The van der Waals surface area contributed by atoms with Gasteiger partial charge in [0.1, 0.15) is 5.52 Å². The van der Waals surface area contributed by atoms with Crippen LogP contribution in [-0.4, -0.2) is 4.98 Å². The van der Waals surface area contributed by atoms with Crippen molar-refractivity contribution in [1.29, 1.82) is 0 Å². The van der Waals surface area contributed by atoms with E-state index in [-0.39, 0.29) is 5.92 Å². The second kappa shape index (κ2) is 11.0. The zero-order valence-electron chi connectivity index (χ0n) is 25.8. The molecule has 48 heavy (non-hydrogen) atoms. The second-order valence-electron chi connectivity index (χ2n) is 12.3. The summed E-state index contributed by atoms with van der Waals surface area (Å²) in [6.45, 7) is 0. The highest BCUT2D eigenvalue weighted by atomic mass is 32.1. The van der Waals surface area contributed by atoms with Crippen molar-refractivity contribution in [3.8, 4) is 22.6 Å². The quantitative estimate of drug-likeness (QED) is 0.173. The van der Waals surface area contributed by atoms with Gasteiger partial charge in [0.25, 0.3) is 0 Å². The molecule has 0 fully saturated rings. The third-order valence-electron chi connectivity index (χ3n) is 9.44. The largest absolute Gasteiger partial charge is 0.436 e. The van der Waals surface area contributed by atoms with Crippen LogP contribution in [0, 0.1) is 0 Å². The Labute approximate surface area is 285 Å². The van der Waals surface area contributed by atoms with E-state index in [9.17, 15) is 0 Å². The Kier molecular flexibility index (Phi) is 6.33. The average Bonchev–Trinajstić information content (AvgIpc) is 3.84. The molecule has 1 atom stereocenters. The summed E-state index contributed by atoms with van der Waals surface area (Å²) in [6, 6.07) is 57.0. The van der Waals surface area contributed by atoms with E-state index < -0.39 is 0 Å². The van der Waals surface area contributed by atoms with Gasteiger partial charge in [-0.3, -0.25) is 0 Å². The summed E-state index contributed by atoms with van der Waals surface area (Å²) in [5, 5.41) is 5.12. The molecule has 0 radical (unpaired) electrons. The molecule has 10 rings (SSSR count). The smallest absolute Gasteiger partial charge is 0.227 e. The lowest BCUT2D eigenvalue weighted by Crippen LogP contribution is -2.03. The summed E-state index contributed by atoms with van der Waals surface area (Å²) < 4.78 is 11.4. The van der Waals surface area contributed by atoms with Crippen LogP contribution in [0.5, 0.6) is 0 Å². The van der Waals surface area contributed by atoms with Crippen molar-refractivity contribution in [2.75, 3.05) is 0 Å². The van der Waals surface area contributed by atoms with E-state index in [1.54, 1.807) is 0 Å². The number of nitrogens with zero attached hydrogens (tertiary/aromatic N) is 1. The molecule has 226 valence electrons. The van der Waals surface area contributed by atoms with Gasteiger partial charge in [-0.05, 0) is 70.3 Å². The van der Waals surface area contributed by atoms with E-state index in [0.717, 1.165) is 16.7 Å². The first-order valence-corrected chi connectivity index (χ1v) is 17.8. The third-order valence-corrected chi connectivity index (χ3v) is 11.7. The van der Waals surface area contributed by atoms with Crippen LogP contribution < -0.4 is 0 Å². The number of hydrogen-bond acceptors (Lipinski definition) is 4. The molecule has 3 aromatic heterocycles. The van der Waals surface area contributed by atoms with Crippen LogP contribution in [0.25, 0.3) is 74.0 Å². The van der Waals surface area contributed by atoms with Crippen molar-refractivity contribution in [3.05, 3.63) is 174 Å². The lowest BCUT2D eigenvalue weighted by molar-refractivity contribution is 0.620. The molecule has 10 aromatic rings. The second-order valence-corrected chi connectivity index (χ2v) is 14.5. The average molecular weight is 650 g/mol. The summed E-state index contributed by atoms with van der Waals surface area (Å²) >= 11 is 3.69. The van der Waals surface area contributed by atoms with Crippen LogP contribution in [0.3, 0.4) is 0 Å². The van der Waals surface area contributed by atoms with Crippen molar-refractivity contribution in [1.82, 2.24) is 4.98 Å². The molecule has 2 nitrogen and oxygen atoms in total. The van der Waals surface area contributed by atoms with Gasteiger partial charge in [0, 0.05) is 57.9 Å². The Morgan fingerprint density at radius 2 is 1.00 bits per heavy atom. The topological polar surface area (TPSA) is 26.0 Å². The molecule has 1 unspecified atom stereocenters. The Morgan fingerprint density at radius 3 is 1.81 bits per heavy atom. The fraction of sp³-hybridized carbons (Fsp3) is 0.0227. The van der Waals surface area contributed by atoms with Gasteiger partial charge in [0.15, 0.2) is 5.58 Å². The highest BCUT2D eigenvalue weighted by Crippen LogP contribution is 2.43. The molecule has 7 aromatic carbocycles. The summed E-state index contributed by atoms with van der Waals surface area (Å²) in [7, 11) is 0. The molecule has 0 amide bonds. The monoisotopic (exact) mass is 649 g/mol. The lowest BCUT2D eigenvalue weighted by Gasteiger charge is -2.20. The molecule has 0 spiro atoms. The van der Waals surface area contributed by atoms with E-state index >= 15 is 0 Å². The predicted molar refractivity (Wildman–Crippen MR) is 204 cm³/mol. The lowest BCUT2D eigenvalue weighted by atomic mass is 9.84. The number of rotatable bonds is 5. The zero-order valence-corrected chi connectivity index (χ0v) is 27.4. The molecule has 0 aliphatic carbocycles. The van der Waals surface area contributed by atoms with Crippen LogP contribution in [0.2, 0.25) is 0 Å². The molecule has 0 aliphatic heterocycles. The predicted octanol–water partition coefficient (Wildman–Crippen LogP) is 13.1. The standard InChI is InChI=1S/C44H27NOS2/c1-3-9-27(10-4-1)28-15-17-29(18-16-28)43(32-19-21-34-33-13-7-8-14-39(33)47-41(34)24-32)31-20-22-40-35(23-31)36-25-37-38(26-42(36)48-40)46-44(45-37)30-11-5-2-6-12-30/h1-26,43H. The molecule has 0 saturated heterocycles. The number of hydrogen-bond donors (Lipinski definition) is 0. The highest BCUT2D eigenvalue weighted by molar-refractivity contribution is 7.26. The zero-order chi connectivity index (χ0) is 31.6. The van der Waals surface area contributed by atoms with Crippen molar-refractivity contribution in [2.45, 2.75) is 5.92 Å². The molecule has 0 N–H and O–H groups in total. The summed E-state index contributed by atoms with van der Waals surface area (Å²) in [5.41, 5.74) is 9.00. The summed E-state index contributed by atoms with van der Waals surface area (Å²) in [6.07, 6.45) is 0. The Morgan fingerprint density at radius 1 is 0.417 bits per heavy atom. The molecule has 0 bridgehead atoms. The van der Waals surface area contributed by atoms with E-state index in [1.807, 2.05) is 53.0 Å². The van der Waals surface area contributed by atoms with Gasteiger partial charge in [-0.25, -0.2) is 4.98 Å². The van der Waals surface area contributed by atoms with Gasteiger partial charge in [-0.2, -0.15) is 0 Å². The molecular weight excluding hydrogens is 623 g/mol. The molecule has 3 heterocycles. The number of oxazole rings is 1. The van der Waals surface area contributed by atoms with Crippen LogP contribution in [0.1, 0.15) is 22.6 Å². The first kappa shape index (κ1) is 27.6. The normalized spacial score (nSPS) is 12.5. The Bertz CT molecular complexity index is 2770. The number of aromatic nitrogens is 1. The van der Waals surface area contributed by atoms with Crippen molar-refractivity contribution in [2.24, 2.45) is 0 Å². The van der Waals surface area contributed by atoms with Crippen LogP contribution >= 0.6 is 22.7 Å². The Hall–Kier alpha value is -5.55. The van der Waals surface area contributed by atoms with Crippen LogP contribution in [-0.2, 0) is 0 Å². The van der Waals surface area contributed by atoms with Gasteiger partial charge in [0.2, 0.25) is 5.89 Å². The maximum absolute atomic E-state index is 6.23. The minimum Gasteiger partial charge on any atom is -0.436 e. The fourth-order valence-corrected chi connectivity index (χ4v) is 9.35. The van der Waals surface area contributed by atoms with Gasteiger partial charge in [-0.1, -0.05) is 109 Å². The van der Waals surface area contributed by atoms with Gasteiger partial charge in [0.05, 0.1) is 0 Å². The number of fused-ring (bicyclic) bond motifs is 7. The van der Waals surface area contributed by atoms with Crippen molar-refractivity contribution >= 4 is 74.1 Å². The van der Waals surface area contributed by atoms with Gasteiger partial charge < -0.3 is 4.42 Å². The van der Waals surface area contributed by atoms with E-state index in [0.29, 0.717) is 5.89 Å². The van der Waals surface area contributed by atoms with Crippen LogP contribution in [0.15, 0.2) is 162 Å². The number of thiophene rings is 2. The van der Waals surface area contributed by atoms with E-state index in [4.69, 9.17) is 9.40 Å². The van der Waals surface area contributed by atoms with Crippen LogP contribution in [0.4, 0.5) is 0 Å². The van der Waals surface area contributed by atoms with Gasteiger partial charge >= 0.3 is 0 Å². The van der Waals surface area contributed by atoms with E-state index in [2.05, 4.69) is 127 Å². The fourth-order valence-electron chi connectivity index (χ4n) is 7.10. The number of benzene rings is 7.